The van der Waals surface area contributed by atoms with E-state index in [1.54, 1.807) is 30.0 Å². The molecule has 1 amide bonds. The zero-order valence-corrected chi connectivity index (χ0v) is 17.7. The number of likely N-dealkylation sites (tertiary alicyclic amines) is 1. The van der Waals surface area contributed by atoms with Crippen LogP contribution in [-0.2, 0) is 14.8 Å². The van der Waals surface area contributed by atoms with Crippen molar-refractivity contribution in [1.82, 2.24) is 19.4 Å². The van der Waals surface area contributed by atoms with E-state index < -0.39 is 10.0 Å². The molecule has 7 nitrogen and oxygen atoms in total. The number of hydrogen-bond acceptors (Lipinski definition) is 5. The largest absolute Gasteiger partial charge is 0.339 e. The normalized spacial score (nSPS) is 21.4. The summed E-state index contributed by atoms with van der Waals surface area (Å²) >= 11 is 0. The van der Waals surface area contributed by atoms with Gasteiger partial charge in [0.1, 0.15) is 0 Å². The number of hydrogen-bond donors (Lipinski definition) is 1. The smallest absolute Gasteiger partial charge is 0.243 e. The van der Waals surface area contributed by atoms with Gasteiger partial charge in [-0.2, -0.15) is 4.31 Å². The number of aryl methyl sites for hydroxylation is 1. The summed E-state index contributed by atoms with van der Waals surface area (Å²) in [5, 5.41) is 3.23. The minimum Gasteiger partial charge on any atom is -0.339 e. The van der Waals surface area contributed by atoms with Crippen LogP contribution in [0.5, 0.6) is 0 Å². The summed E-state index contributed by atoms with van der Waals surface area (Å²) in [6.45, 7) is 8.82. The predicted octanol–water partition coefficient (Wildman–Crippen LogP) is 0.902. The molecule has 2 saturated heterocycles. The van der Waals surface area contributed by atoms with E-state index in [9.17, 15) is 13.2 Å². The van der Waals surface area contributed by atoms with Gasteiger partial charge in [0.2, 0.25) is 15.9 Å². The van der Waals surface area contributed by atoms with Crippen molar-refractivity contribution in [2.75, 3.05) is 52.4 Å². The van der Waals surface area contributed by atoms with Gasteiger partial charge in [0.15, 0.2) is 0 Å². The monoisotopic (exact) mass is 408 g/mol. The van der Waals surface area contributed by atoms with Crippen molar-refractivity contribution in [3.63, 3.8) is 0 Å². The maximum absolute atomic E-state index is 13.5. The van der Waals surface area contributed by atoms with Crippen LogP contribution in [0.25, 0.3) is 0 Å². The first-order valence-corrected chi connectivity index (χ1v) is 11.7. The minimum absolute atomic E-state index is 0.0925. The summed E-state index contributed by atoms with van der Waals surface area (Å²) in [5.74, 6) is -0.111. The number of carbonyl (C=O) groups excluding carboxylic acids is 1. The van der Waals surface area contributed by atoms with Gasteiger partial charge in [-0.1, -0.05) is 25.1 Å². The highest BCUT2D eigenvalue weighted by Crippen LogP contribution is 2.24. The summed E-state index contributed by atoms with van der Waals surface area (Å²) in [5.41, 5.74) is 0.709. The molecular formula is C20H32N4O3S. The first kappa shape index (κ1) is 21.2. The number of likely N-dealkylation sites (N-methyl/N-ethyl adjacent to an activating group) is 1. The van der Waals surface area contributed by atoms with E-state index in [4.69, 9.17) is 0 Å². The molecule has 8 heteroatoms. The standard InChI is InChI=1S/C20H32N4O3S/c1-3-22-12-6-8-18(22)15-24(16-20(25)23-13-10-21-11-14-23)28(26,27)19-9-5-4-7-17(19)2/h4-5,7,9,18,21H,3,6,8,10-16H2,1-2H3/t18-/m1/s1. The Morgan fingerprint density at radius 2 is 1.93 bits per heavy atom. The molecule has 28 heavy (non-hydrogen) atoms. The van der Waals surface area contributed by atoms with Crippen molar-refractivity contribution in [3.05, 3.63) is 29.8 Å². The number of nitrogens with one attached hydrogen (secondary N) is 1. The van der Waals surface area contributed by atoms with Gasteiger partial charge in [-0.05, 0) is 44.5 Å². The zero-order valence-electron chi connectivity index (χ0n) is 16.9. The second-order valence-electron chi connectivity index (χ2n) is 7.62. The van der Waals surface area contributed by atoms with Crippen LogP contribution in [0.3, 0.4) is 0 Å². The molecule has 3 rings (SSSR count). The molecule has 0 aromatic heterocycles. The lowest BCUT2D eigenvalue weighted by molar-refractivity contribution is -0.132. The number of benzene rings is 1. The maximum Gasteiger partial charge on any atom is 0.243 e. The van der Waals surface area contributed by atoms with Gasteiger partial charge in [0.25, 0.3) is 0 Å². The molecule has 0 spiro atoms. The molecule has 1 N–H and O–H groups in total. The number of sulfonamides is 1. The predicted molar refractivity (Wildman–Crippen MR) is 110 cm³/mol. The number of piperazine rings is 1. The Balaban J connectivity index is 1.85. The molecule has 1 aromatic rings. The second-order valence-corrected chi connectivity index (χ2v) is 9.52. The van der Waals surface area contributed by atoms with Crippen LogP contribution in [-0.4, -0.2) is 86.8 Å². The average Bonchev–Trinajstić information content (AvgIpc) is 3.15. The summed E-state index contributed by atoms with van der Waals surface area (Å²) in [6, 6.07) is 7.18. The van der Waals surface area contributed by atoms with Crippen LogP contribution in [0.2, 0.25) is 0 Å². The summed E-state index contributed by atoms with van der Waals surface area (Å²) < 4.78 is 28.4. The first-order chi connectivity index (χ1) is 13.4. The lowest BCUT2D eigenvalue weighted by Gasteiger charge is -2.33. The molecular weight excluding hydrogens is 376 g/mol. The first-order valence-electron chi connectivity index (χ1n) is 10.2. The van der Waals surface area contributed by atoms with Crippen molar-refractivity contribution in [2.24, 2.45) is 0 Å². The van der Waals surface area contributed by atoms with Crippen molar-refractivity contribution < 1.29 is 13.2 Å². The molecule has 1 aromatic carbocycles. The fourth-order valence-electron chi connectivity index (χ4n) is 4.15. The Bertz CT molecular complexity index is 777. The van der Waals surface area contributed by atoms with Crippen molar-refractivity contribution in [1.29, 1.82) is 0 Å². The number of rotatable bonds is 7. The topological polar surface area (TPSA) is 73.0 Å². The fraction of sp³-hybridized carbons (Fsp3) is 0.650. The average molecular weight is 409 g/mol. The van der Waals surface area contributed by atoms with E-state index in [1.165, 1.54) is 4.31 Å². The molecule has 2 aliphatic heterocycles. The lowest BCUT2D eigenvalue weighted by atomic mass is 10.2. The molecule has 2 heterocycles. The van der Waals surface area contributed by atoms with Gasteiger partial charge in [0.05, 0.1) is 11.4 Å². The third-order valence-corrected chi connectivity index (χ3v) is 7.78. The van der Waals surface area contributed by atoms with Crippen molar-refractivity contribution in [3.8, 4) is 0 Å². The molecule has 0 radical (unpaired) electrons. The maximum atomic E-state index is 13.5. The van der Waals surface area contributed by atoms with E-state index in [2.05, 4.69) is 17.1 Å². The van der Waals surface area contributed by atoms with E-state index in [0.29, 0.717) is 30.1 Å². The zero-order chi connectivity index (χ0) is 20.1. The molecule has 2 aliphatic rings. The van der Waals surface area contributed by atoms with Crippen LogP contribution < -0.4 is 5.32 Å². The highest BCUT2D eigenvalue weighted by atomic mass is 32.2. The Morgan fingerprint density at radius 1 is 1.21 bits per heavy atom. The summed E-state index contributed by atoms with van der Waals surface area (Å²) in [6.07, 6.45) is 2.04. The van der Waals surface area contributed by atoms with Gasteiger partial charge < -0.3 is 10.2 Å². The van der Waals surface area contributed by atoms with Gasteiger partial charge in [0, 0.05) is 38.8 Å². The van der Waals surface area contributed by atoms with Crippen molar-refractivity contribution in [2.45, 2.75) is 37.6 Å². The third kappa shape index (κ3) is 4.74. The molecule has 156 valence electrons. The lowest BCUT2D eigenvalue weighted by Crippen LogP contribution is -2.52. The van der Waals surface area contributed by atoms with Gasteiger partial charge >= 0.3 is 0 Å². The molecule has 2 fully saturated rings. The van der Waals surface area contributed by atoms with Crippen LogP contribution >= 0.6 is 0 Å². The SMILES string of the molecule is CCN1CCC[C@@H]1CN(CC(=O)N1CCNCC1)S(=O)(=O)c1ccccc1C. The highest BCUT2D eigenvalue weighted by Gasteiger charge is 2.34. The van der Waals surface area contributed by atoms with Gasteiger partial charge in [-0.15, -0.1) is 0 Å². The summed E-state index contributed by atoms with van der Waals surface area (Å²) in [4.78, 5) is 17.3. The number of amides is 1. The van der Waals surface area contributed by atoms with E-state index in [0.717, 1.165) is 39.0 Å². The molecule has 0 unspecified atom stereocenters. The Kier molecular flexibility index (Phi) is 7.09. The van der Waals surface area contributed by atoms with E-state index >= 15 is 0 Å². The quantitative estimate of drug-likeness (QED) is 0.726. The van der Waals surface area contributed by atoms with E-state index in [1.807, 2.05) is 6.07 Å². The van der Waals surface area contributed by atoms with Gasteiger partial charge in [-0.25, -0.2) is 8.42 Å². The Hall–Kier alpha value is -1.48. The molecule has 0 bridgehead atoms. The second kappa shape index (κ2) is 9.35. The molecule has 0 aliphatic carbocycles. The third-order valence-electron chi connectivity index (χ3n) is 5.81. The van der Waals surface area contributed by atoms with Gasteiger partial charge in [-0.3, -0.25) is 9.69 Å². The number of carbonyl (C=O) groups is 1. The molecule has 1 atom stereocenters. The van der Waals surface area contributed by atoms with Crippen LogP contribution in [0, 0.1) is 6.92 Å². The summed E-state index contributed by atoms with van der Waals surface area (Å²) in [7, 11) is -3.74. The highest BCUT2D eigenvalue weighted by molar-refractivity contribution is 7.89. The van der Waals surface area contributed by atoms with Crippen LogP contribution in [0.15, 0.2) is 29.2 Å². The number of nitrogens with zero attached hydrogens (tertiary/aromatic N) is 3. The van der Waals surface area contributed by atoms with E-state index in [-0.39, 0.29) is 18.5 Å². The van der Waals surface area contributed by atoms with Crippen LogP contribution in [0.1, 0.15) is 25.3 Å². The fourth-order valence-corrected chi connectivity index (χ4v) is 5.80. The Labute approximate surface area is 168 Å². The van der Waals surface area contributed by atoms with Crippen LogP contribution in [0.4, 0.5) is 0 Å². The minimum atomic E-state index is -3.74. The van der Waals surface area contributed by atoms with Crippen molar-refractivity contribution >= 4 is 15.9 Å². The molecule has 0 saturated carbocycles. The Morgan fingerprint density at radius 3 is 2.61 bits per heavy atom.